The van der Waals surface area contributed by atoms with Gasteiger partial charge in [-0.1, -0.05) is 34.1 Å². The van der Waals surface area contributed by atoms with Crippen LogP contribution in [0, 0.1) is 0 Å². The Kier molecular flexibility index (Phi) is 2.11. The zero-order valence-electron chi connectivity index (χ0n) is 11.0. The number of benzene rings is 3. The highest BCUT2D eigenvalue weighted by Crippen LogP contribution is 2.38. The Morgan fingerprint density at radius 3 is 2.62 bits per heavy atom. The number of hydrogen-bond donors (Lipinski definition) is 1. The van der Waals surface area contributed by atoms with Gasteiger partial charge in [0, 0.05) is 26.1 Å². The number of rotatable bonds is 0. The van der Waals surface area contributed by atoms with E-state index in [1.54, 1.807) is 0 Å². The highest BCUT2D eigenvalue weighted by Gasteiger charge is 2.13. The van der Waals surface area contributed by atoms with Crippen LogP contribution in [0.15, 0.2) is 63.5 Å². The summed E-state index contributed by atoms with van der Waals surface area (Å²) in [4.78, 5) is 3.46. The predicted molar refractivity (Wildman–Crippen MR) is 90.8 cm³/mol. The van der Waals surface area contributed by atoms with Gasteiger partial charge in [-0.25, -0.2) is 0 Å². The molecule has 0 amide bonds. The third kappa shape index (κ3) is 1.47. The van der Waals surface area contributed by atoms with E-state index in [1.807, 2.05) is 12.1 Å². The highest BCUT2D eigenvalue weighted by atomic mass is 79.9. The van der Waals surface area contributed by atoms with Crippen molar-refractivity contribution >= 4 is 59.7 Å². The van der Waals surface area contributed by atoms with E-state index in [0.29, 0.717) is 0 Å². The van der Waals surface area contributed by atoms with Gasteiger partial charge in [0.2, 0.25) is 0 Å². The molecule has 100 valence electrons. The van der Waals surface area contributed by atoms with E-state index in [4.69, 9.17) is 4.42 Å². The molecule has 0 aliphatic rings. The van der Waals surface area contributed by atoms with E-state index in [1.165, 1.54) is 5.39 Å². The molecular weight excluding hydrogens is 326 g/mol. The highest BCUT2D eigenvalue weighted by molar-refractivity contribution is 9.10. The number of H-pyrrole nitrogens is 1. The Bertz CT molecular complexity index is 1150. The summed E-state index contributed by atoms with van der Waals surface area (Å²) in [6.45, 7) is 0. The fourth-order valence-corrected chi connectivity index (χ4v) is 3.48. The Labute approximate surface area is 128 Å². The molecule has 2 heterocycles. The zero-order chi connectivity index (χ0) is 14.0. The largest absolute Gasteiger partial charge is 0.455 e. The van der Waals surface area contributed by atoms with Crippen LogP contribution in [0.25, 0.3) is 43.7 Å². The van der Waals surface area contributed by atoms with E-state index in [0.717, 1.165) is 42.8 Å². The summed E-state index contributed by atoms with van der Waals surface area (Å²) in [5.41, 5.74) is 4.12. The van der Waals surface area contributed by atoms with Crippen molar-refractivity contribution < 1.29 is 4.42 Å². The van der Waals surface area contributed by atoms with Crippen molar-refractivity contribution in [2.75, 3.05) is 0 Å². The fourth-order valence-electron chi connectivity index (χ4n) is 3.14. The summed E-state index contributed by atoms with van der Waals surface area (Å²) in [6.07, 6.45) is 0. The normalized spacial score (nSPS) is 12.0. The Balaban J connectivity index is 2.10. The third-order valence-corrected chi connectivity index (χ3v) is 4.56. The molecule has 2 nitrogen and oxygen atoms in total. The Morgan fingerprint density at radius 1 is 0.810 bits per heavy atom. The summed E-state index contributed by atoms with van der Waals surface area (Å²) in [5, 5.41) is 4.68. The van der Waals surface area contributed by atoms with Crippen LogP contribution in [0.2, 0.25) is 0 Å². The molecule has 0 unspecified atom stereocenters. The number of para-hydroxylation sites is 1. The quantitative estimate of drug-likeness (QED) is 0.370. The van der Waals surface area contributed by atoms with E-state index in [-0.39, 0.29) is 0 Å². The first-order valence-electron chi connectivity index (χ1n) is 6.82. The van der Waals surface area contributed by atoms with Crippen LogP contribution in [0.5, 0.6) is 0 Å². The molecule has 0 spiro atoms. The number of halogens is 1. The van der Waals surface area contributed by atoms with Gasteiger partial charge in [0.1, 0.15) is 11.2 Å². The molecule has 5 rings (SSSR count). The molecule has 3 heteroatoms. The second-order valence-electron chi connectivity index (χ2n) is 5.28. The van der Waals surface area contributed by atoms with E-state index >= 15 is 0 Å². The topological polar surface area (TPSA) is 28.9 Å². The molecule has 0 aliphatic heterocycles. The monoisotopic (exact) mass is 335 g/mol. The molecule has 0 fully saturated rings. The first kappa shape index (κ1) is 11.4. The van der Waals surface area contributed by atoms with Gasteiger partial charge in [0.25, 0.3) is 0 Å². The predicted octanol–water partition coefficient (Wildman–Crippen LogP) is 5.98. The summed E-state index contributed by atoms with van der Waals surface area (Å²) in [6, 6.07) is 18.8. The van der Waals surface area contributed by atoms with E-state index in [9.17, 15) is 0 Å². The number of fused-ring (bicyclic) bond motifs is 7. The van der Waals surface area contributed by atoms with Gasteiger partial charge in [-0.2, -0.15) is 0 Å². The summed E-state index contributed by atoms with van der Waals surface area (Å²) < 4.78 is 7.19. The molecule has 2 aromatic heterocycles. The minimum Gasteiger partial charge on any atom is -0.455 e. The van der Waals surface area contributed by atoms with Crippen molar-refractivity contribution in [1.29, 1.82) is 0 Å². The lowest BCUT2D eigenvalue weighted by molar-refractivity contribution is 0.672. The first-order valence-corrected chi connectivity index (χ1v) is 7.62. The van der Waals surface area contributed by atoms with Crippen LogP contribution in [0.3, 0.4) is 0 Å². The number of furan rings is 1. The Morgan fingerprint density at radius 2 is 1.67 bits per heavy atom. The third-order valence-electron chi connectivity index (χ3n) is 4.07. The van der Waals surface area contributed by atoms with Crippen molar-refractivity contribution in [3.63, 3.8) is 0 Å². The minimum absolute atomic E-state index is 0.914. The molecule has 0 saturated carbocycles. The number of nitrogens with one attached hydrogen (secondary N) is 1. The van der Waals surface area contributed by atoms with Crippen molar-refractivity contribution in [3.05, 3.63) is 59.1 Å². The molecule has 3 aromatic carbocycles. The van der Waals surface area contributed by atoms with Crippen molar-refractivity contribution in [3.8, 4) is 0 Å². The fraction of sp³-hybridized carbons (Fsp3) is 0. The molecule has 0 radical (unpaired) electrons. The Hall–Kier alpha value is -2.26. The maximum Gasteiger partial charge on any atom is 0.145 e. The summed E-state index contributed by atoms with van der Waals surface area (Å²) >= 11 is 3.51. The molecular formula is C18H10BrNO. The molecule has 21 heavy (non-hydrogen) atoms. The van der Waals surface area contributed by atoms with Gasteiger partial charge < -0.3 is 9.40 Å². The number of aromatic amines is 1. The lowest BCUT2D eigenvalue weighted by Gasteiger charge is -1.93. The molecule has 0 aliphatic carbocycles. The number of hydrogen-bond acceptors (Lipinski definition) is 1. The minimum atomic E-state index is 0.914. The number of aromatic nitrogens is 1. The van der Waals surface area contributed by atoms with E-state index < -0.39 is 0 Å². The average molecular weight is 336 g/mol. The van der Waals surface area contributed by atoms with Gasteiger partial charge in [-0.3, -0.25) is 0 Å². The lowest BCUT2D eigenvalue weighted by atomic mass is 10.1. The second kappa shape index (κ2) is 3.89. The van der Waals surface area contributed by atoms with Crippen LogP contribution < -0.4 is 0 Å². The summed E-state index contributed by atoms with van der Waals surface area (Å²) in [5.74, 6) is 0. The molecule has 0 saturated heterocycles. The first-order chi connectivity index (χ1) is 10.3. The molecule has 1 N–H and O–H groups in total. The second-order valence-corrected chi connectivity index (χ2v) is 6.19. The van der Waals surface area contributed by atoms with Gasteiger partial charge >= 0.3 is 0 Å². The zero-order valence-corrected chi connectivity index (χ0v) is 12.6. The van der Waals surface area contributed by atoms with Crippen LogP contribution in [-0.2, 0) is 0 Å². The molecule has 5 aromatic rings. The molecule has 0 bridgehead atoms. The molecule has 0 atom stereocenters. The van der Waals surface area contributed by atoms with Gasteiger partial charge in [-0.15, -0.1) is 0 Å². The van der Waals surface area contributed by atoms with Crippen LogP contribution in [0.1, 0.15) is 0 Å². The average Bonchev–Trinajstić information content (AvgIpc) is 3.03. The van der Waals surface area contributed by atoms with Crippen LogP contribution in [-0.4, -0.2) is 4.98 Å². The maximum atomic E-state index is 6.16. The van der Waals surface area contributed by atoms with Crippen molar-refractivity contribution in [1.82, 2.24) is 4.98 Å². The maximum absolute atomic E-state index is 6.16. The van der Waals surface area contributed by atoms with E-state index in [2.05, 4.69) is 63.4 Å². The van der Waals surface area contributed by atoms with Gasteiger partial charge in [0.15, 0.2) is 0 Å². The van der Waals surface area contributed by atoms with Crippen molar-refractivity contribution in [2.45, 2.75) is 0 Å². The van der Waals surface area contributed by atoms with Crippen molar-refractivity contribution in [2.24, 2.45) is 0 Å². The smallest absolute Gasteiger partial charge is 0.145 e. The van der Waals surface area contributed by atoms with Crippen LogP contribution in [0.4, 0.5) is 0 Å². The summed E-state index contributed by atoms with van der Waals surface area (Å²) in [7, 11) is 0. The standard InChI is InChI=1S/C18H10BrNO/c19-10-5-6-11-12-7-8-15-17(18(12)21-16(11)9-10)13-3-1-2-4-14(13)20-15/h1-9,20H. The van der Waals surface area contributed by atoms with Gasteiger partial charge in [0.05, 0.1) is 10.9 Å². The van der Waals surface area contributed by atoms with Crippen LogP contribution >= 0.6 is 15.9 Å². The SMILES string of the molecule is Brc1ccc2c(c1)oc1c2ccc2[nH]c3ccccc3c21. The van der Waals surface area contributed by atoms with Gasteiger partial charge in [-0.05, 0) is 36.4 Å². The lowest BCUT2D eigenvalue weighted by Crippen LogP contribution is -1.69.